The van der Waals surface area contributed by atoms with Crippen LogP contribution in [-0.2, 0) is 10.0 Å². The van der Waals surface area contributed by atoms with Gasteiger partial charge in [-0.15, -0.1) is 0 Å². The molecule has 0 radical (unpaired) electrons. The van der Waals surface area contributed by atoms with E-state index in [4.69, 9.17) is 0 Å². The van der Waals surface area contributed by atoms with E-state index < -0.39 is 21.7 Å². The lowest BCUT2D eigenvalue weighted by Crippen LogP contribution is -2.15. The van der Waals surface area contributed by atoms with E-state index in [0.29, 0.717) is 22.3 Å². The number of nitrogens with one attached hydrogen (secondary N) is 2. The number of aryl methyl sites for hydroxylation is 1. The first-order valence-electron chi connectivity index (χ1n) is 8.75. The molecule has 0 saturated heterocycles. The fourth-order valence-electron chi connectivity index (χ4n) is 2.78. The maximum atomic E-state index is 13.8. The van der Waals surface area contributed by atoms with Gasteiger partial charge in [-0.1, -0.05) is 18.2 Å². The summed E-state index contributed by atoms with van der Waals surface area (Å²) in [7, 11) is -4.01. The number of fused-ring (bicyclic) bond motifs is 1. The number of amides is 1. The van der Waals surface area contributed by atoms with Gasteiger partial charge in [-0.05, 0) is 55.0 Å². The maximum absolute atomic E-state index is 13.8. The number of anilines is 2. The molecule has 0 unspecified atom stereocenters. The van der Waals surface area contributed by atoms with Gasteiger partial charge in [0.05, 0.1) is 22.3 Å². The van der Waals surface area contributed by atoms with E-state index in [1.54, 1.807) is 37.3 Å². The highest BCUT2D eigenvalue weighted by molar-refractivity contribution is 7.92. The van der Waals surface area contributed by atoms with Gasteiger partial charge in [-0.3, -0.25) is 9.52 Å². The Labute approximate surface area is 176 Å². The van der Waals surface area contributed by atoms with Crippen molar-refractivity contribution in [1.29, 1.82) is 0 Å². The van der Waals surface area contributed by atoms with Crippen molar-refractivity contribution in [1.82, 2.24) is 8.75 Å². The largest absolute Gasteiger partial charge is 0.320 e. The lowest BCUT2D eigenvalue weighted by molar-refractivity contribution is 0.102. The van der Waals surface area contributed by atoms with Crippen molar-refractivity contribution < 1.29 is 17.6 Å². The van der Waals surface area contributed by atoms with Crippen LogP contribution < -0.4 is 10.0 Å². The zero-order chi connectivity index (χ0) is 21.3. The Morgan fingerprint density at radius 3 is 2.63 bits per heavy atom. The molecule has 0 saturated carbocycles. The van der Waals surface area contributed by atoms with Gasteiger partial charge in [0, 0.05) is 11.3 Å². The summed E-state index contributed by atoms with van der Waals surface area (Å²) in [5.74, 6) is -1.05. The number of benzene rings is 3. The third kappa shape index (κ3) is 4.00. The number of hydrogen-bond acceptors (Lipinski definition) is 6. The smallest absolute Gasteiger partial charge is 0.261 e. The first kappa shape index (κ1) is 19.9. The summed E-state index contributed by atoms with van der Waals surface area (Å²) in [6.45, 7) is 1.55. The van der Waals surface area contributed by atoms with Crippen LogP contribution in [0.4, 0.5) is 15.8 Å². The molecule has 10 heteroatoms. The molecule has 0 atom stereocenters. The molecule has 7 nitrogen and oxygen atoms in total. The van der Waals surface area contributed by atoms with Crippen LogP contribution in [0.25, 0.3) is 11.0 Å². The van der Waals surface area contributed by atoms with Crippen molar-refractivity contribution in [3.05, 3.63) is 77.6 Å². The van der Waals surface area contributed by atoms with Crippen LogP contribution in [0, 0.1) is 12.7 Å². The normalized spacial score (nSPS) is 11.4. The molecular formula is C20H15FN4O3S2. The molecule has 152 valence electrons. The van der Waals surface area contributed by atoms with Gasteiger partial charge in [0.25, 0.3) is 15.9 Å². The SMILES string of the molecule is Cc1ccc(S(=O)(=O)Nc2cccc(C(=O)Nc3cccc4nsnc34)c2)cc1F. The summed E-state index contributed by atoms with van der Waals surface area (Å²) in [4.78, 5) is 12.5. The molecule has 2 N–H and O–H groups in total. The first-order chi connectivity index (χ1) is 14.3. The number of rotatable bonds is 5. The fraction of sp³-hybridized carbons (Fsp3) is 0.0500. The van der Waals surface area contributed by atoms with Gasteiger partial charge in [0.2, 0.25) is 0 Å². The van der Waals surface area contributed by atoms with E-state index in [9.17, 15) is 17.6 Å². The van der Waals surface area contributed by atoms with Crippen LogP contribution in [0.3, 0.4) is 0 Å². The zero-order valence-electron chi connectivity index (χ0n) is 15.6. The molecule has 0 bridgehead atoms. The number of hydrogen-bond donors (Lipinski definition) is 2. The van der Waals surface area contributed by atoms with Gasteiger partial charge in [-0.25, -0.2) is 12.8 Å². The molecule has 4 aromatic rings. The van der Waals surface area contributed by atoms with Crippen molar-refractivity contribution in [2.24, 2.45) is 0 Å². The molecule has 1 heterocycles. The highest BCUT2D eigenvalue weighted by atomic mass is 32.2. The Kier molecular flexibility index (Phi) is 5.18. The maximum Gasteiger partial charge on any atom is 0.261 e. The van der Waals surface area contributed by atoms with E-state index in [-0.39, 0.29) is 16.1 Å². The molecule has 4 rings (SSSR count). The Hall–Kier alpha value is -3.37. The lowest BCUT2D eigenvalue weighted by Gasteiger charge is -2.11. The van der Waals surface area contributed by atoms with E-state index in [1.165, 1.54) is 24.3 Å². The van der Waals surface area contributed by atoms with Crippen molar-refractivity contribution >= 4 is 50.1 Å². The summed E-state index contributed by atoms with van der Waals surface area (Å²) < 4.78 is 49.6. The predicted molar refractivity (Wildman–Crippen MR) is 114 cm³/mol. The van der Waals surface area contributed by atoms with Gasteiger partial charge in [0.1, 0.15) is 16.9 Å². The average molecular weight is 442 g/mol. The molecule has 0 aliphatic carbocycles. The molecule has 0 aliphatic rings. The van der Waals surface area contributed by atoms with Gasteiger partial charge in [-0.2, -0.15) is 8.75 Å². The number of carbonyl (C=O) groups excluding carboxylic acids is 1. The molecule has 3 aromatic carbocycles. The first-order valence-corrected chi connectivity index (χ1v) is 11.0. The van der Waals surface area contributed by atoms with Crippen molar-refractivity contribution in [3.63, 3.8) is 0 Å². The summed E-state index contributed by atoms with van der Waals surface area (Å²) >= 11 is 1.04. The quantitative estimate of drug-likeness (QED) is 0.483. The Balaban J connectivity index is 1.57. The third-order valence-electron chi connectivity index (χ3n) is 4.36. The van der Waals surface area contributed by atoms with E-state index in [0.717, 1.165) is 17.8 Å². The summed E-state index contributed by atoms with van der Waals surface area (Å²) in [6, 6.07) is 14.9. The molecule has 0 aliphatic heterocycles. The summed E-state index contributed by atoms with van der Waals surface area (Å²) in [6.07, 6.45) is 0. The Morgan fingerprint density at radius 1 is 1.03 bits per heavy atom. The van der Waals surface area contributed by atoms with Crippen molar-refractivity contribution in [2.75, 3.05) is 10.0 Å². The lowest BCUT2D eigenvalue weighted by atomic mass is 10.2. The number of halogens is 1. The average Bonchev–Trinajstić information content (AvgIpc) is 3.20. The van der Waals surface area contributed by atoms with Crippen molar-refractivity contribution in [3.8, 4) is 0 Å². The van der Waals surface area contributed by atoms with E-state index in [1.807, 2.05) is 0 Å². The third-order valence-corrected chi connectivity index (χ3v) is 6.29. The minimum absolute atomic E-state index is 0.178. The van der Waals surface area contributed by atoms with Crippen LogP contribution in [0.1, 0.15) is 15.9 Å². The van der Waals surface area contributed by atoms with Crippen LogP contribution in [0.15, 0.2) is 65.6 Å². The zero-order valence-corrected chi connectivity index (χ0v) is 17.2. The fourth-order valence-corrected chi connectivity index (χ4v) is 4.39. The van der Waals surface area contributed by atoms with Crippen LogP contribution >= 0.6 is 11.7 Å². The molecule has 1 aromatic heterocycles. The molecule has 1 amide bonds. The van der Waals surface area contributed by atoms with E-state index in [2.05, 4.69) is 18.8 Å². The number of nitrogens with zero attached hydrogens (tertiary/aromatic N) is 2. The topological polar surface area (TPSA) is 101 Å². The van der Waals surface area contributed by atoms with Crippen LogP contribution in [0.5, 0.6) is 0 Å². The molecule has 0 fully saturated rings. The van der Waals surface area contributed by atoms with E-state index >= 15 is 0 Å². The van der Waals surface area contributed by atoms with Crippen LogP contribution in [0.2, 0.25) is 0 Å². The molecule has 0 spiro atoms. The number of carbonyl (C=O) groups is 1. The van der Waals surface area contributed by atoms with Gasteiger partial charge >= 0.3 is 0 Å². The Bertz CT molecular complexity index is 1370. The van der Waals surface area contributed by atoms with Gasteiger partial charge in [0.15, 0.2) is 0 Å². The minimum atomic E-state index is -4.01. The van der Waals surface area contributed by atoms with Gasteiger partial charge < -0.3 is 5.32 Å². The number of aromatic nitrogens is 2. The van der Waals surface area contributed by atoms with Crippen molar-refractivity contribution in [2.45, 2.75) is 11.8 Å². The monoisotopic (exact) mass is 442 g/mol. The minimum Gasteiger partial charge on any atom is -0.320 e. The second-order valence-electron chi connectivity index (χ2n) is 6.49. The summed E-state index contributed by atoms with van der Waals surface area (Å²) in [5.41, 5.74) is 2.52. The highest BCUT2D eigenvalue weighted by Crippen LogP contribution is 2.23. The standard InChI is InChI=1S/C20H15FN4O3S2/c1-12-8-9-15(11-16(12)21)30(27,28)25-14-5-2-4-13(10-14)20(26)22-17-6-3-7-18-19(17)24-29-23-18/h2-11,25H,1H3,(H,22,26). The Morgan fingerprint density at radius 2 is 1.83 bits per heavy atom. The highest BCUT2D eigenvalue weighted by Gasteiger charge is 2.17. The molecule has 30 heavy (non-hydrogen) atoms. The second-order valence-corrected chi connectivity index (χ2v) is 8.70. The predicted octanol–water partition coefficient (Wildman–Crippen LogP) is 4.19. The second kappa shape index (κ2) is 7.81. The van der Waals surface area contributed by atoms with Crippen LogP contribution in [-0.4, -0.2) is 23.1 Å². The summed E-state index contributed by atoms with van der Waals surface area (Å²) in [5, 5.41) is 2.76. The molecular weight excluding hydrogens is 427 g/mol. The number of sulfonamides is 1.